The molecule has 0 saturated heterocycles. The van der Waals surface area contributed by atoms with Crippen molar-refractivity contribution in [2.75, 3.05) is 6.54 Å². The fraction of sp³-hybridized carbons (Fsp3) is 0.750. The van der Waals surface area contributed by atoms with Gasteiger partial charge in [-0.3, -0.25) is 9.59 Å². The molecule has 0 aliphatic carbocycles. The third kappa shape index (κ3) is 6.19. The van der Waals surface area contributed by atoms with Crippen LogP contribution in [0.5, 0.6) is 0 Å². The number of rotatable bonds is 8. The number of hydrogen-bond acceptors (Lipinski definition) is 4. The molecular formula is C12H23N3O4. The molecule has 0 aromatic rings. The van der Waals surface area contributed by atoms with Crippen molar-refractivity contribution in [2.45, 2.75) is 45.7 Å². The van der Waals surface area contributed by atoms with Crippen molar-refractivity contribution < 1.29 is 19.5 Å². The highest BCUT2D eigenvalue weighted by atomic mass is 16.4. The fourth-order valence-corrected chi connectivity index (χ4v) is 1.39. The largest absolute Gasteiger partial charge is 0.480 e. The van der Waals surface area contributed by atoms with Gasteiger partial charge in [0.2, 0.25) is 11.8 Å². The summed E-state index contributed by atoms with van der Waals surface area (Å²) >= 11 is 0. The zero-order chi connectivity index (χ0) is 15.0. The first-order valence-corrected chi connectivity index (χ1v) is 6.38. The van der Waals surface area contributed by atoms with E-state index >= 15 is 0 Å². The molecule has 0 fully saturated rings. The van der Waals surface area contributed by atoms with Gasteiger partial charge < -0.3 is 21.5 Å². The molecule has 0 spiro atoms. The average molecular weight is 273 g/mol. The van der Waals surface area contributed by atoms with Crippen LogP contribution >= 0.6 is 0 Å². The van der Waals surface area contributed by atoms with Crippen molar-refractivity contribution in [2.24, 2.45) is 11.7 Å². The van der Waals surface area contributed by atoms with Gasteiger partial charge in [-0.1, -0.05) is 27.2 Å². The lowest BCUT2D eigenvalue weighted by molar-refractivity contribution is -0.143. The number of carbonyl (C=O) groups is 3. The lowest BCUT2D eigenvalue weighted by Gasteiger charge is -2.20. The SMILES string of the molecule is CCC(N)C(=O)NCC(=O)NC(C(=O)O)C(C)CC. The number of nitrogens with two attached hydrogens (primary N) is 1. The van der Waals surface area contributed by atoms with Gasteiger partial charge in [0.05, 0.1) is 12.6 Å². The summed E-state index contributed by atoms with van der Waals surface area (Å²) in [5.74, 6) is -2.23. The molecule has 5 N–H and O–H groups in total. The number of carboxylic acid groups (broad SMARTS) is 1. The summed E-state index contributed by atoms with van der Waals surface area (Å²) in [5.41, 5.74) is 5.48. The monoisotopic (exact) mass is 273 g/mol. The zero-order valence-corrected chi connectivity index (χ0v) is 11.6. The second kappa shape index (κ2) is 8.47. The van der Waals surface area contributed by atoms with E-state index in [9.17, 15) is 14.4 Å². The Hall–Kier alpha value is -1.63. The van der Waals surface area contributed by atoms with E-state index in [1.165, 1.54) is 0 Å². The molecule has 0 heterocycles. The van der Waals surface area contributed by atoms with Crippen molar-refractivity contribution in [3.8, 4) is 0 Å². The molecule has 2 amide bonds. The van der Waals surface area contributed by atoms with Gasteiger partial charge in [-0.15, -0.1) is 0 Å². The van der Waals surface area contributed by atoms with Crippen LogP contribution in [0.3, 0.4) is 0 Å². The Morgan fingerprint density at radius 2 is 1.79 bits per heavy atom. The molecule has 0 saturated carbocycles. The third-order valence-electron chi connectivity index (χ3n) is 3.00. The topological polar surface area (TPSA) is 122 Å². The smallest absolute Gasteiger partial charge is 0.326 e. The highest BCUT2D eigenvalue weighted by Gasteiger charge is 2.25. The molecule has 0 rings (SSSR count). The molecule has 0 bridgehead atoms. The molecule has 0 radical (unpaired) electrons. The molecule has 110 valence electrons. The van der Waals surface area contributed by atoms with Crippen LogP contribution in [-0.2, 0) is 14.4 Å². The van der Waals surface area contributed by atoms with Crippen molar-refractivity contribution in [1.29, 1.82) is 0 Å². The molecule has 7 heteroatoms. The van der Waals surface area contributed by atoms with E-state index in [1.54, 1.807) is 13.8 Å². The van der Waals surface area contributed by atoms with Crippen molar-refractivity contribution in [1.82, 2.24) is 10.6 Å². The van der Waals surface area contributed by atoms with Gasteiger partial charge in [0.25, 0.3) is 0 Å². The van der Waals surface area contributed by atoms with Crippen molar-refractivity contribution in [3.63, 3.8) is 0 Å². The van der Waals surface area contributed by atoms with E-state index in [4.69, 9.17) is 10.8 Å². The standard InChI is InChI=1S/C12H23N3O4/c1-4-7(3)10(12(18)19)15-9(16)6-14-11(17)8(13)5-2/h7-8,10H,4-6,13H2,1-3H3,(H,14,17)(H,15,16)(H,18,19). The van der Waals surface area contributed by atoms with E-state index in [0.29, 0.717) is 12.8 Å². The molecule has 0 aliphatic heterocycles. The minimum atomic E-state index is -1.08. The number of amides is 2. The third-order valence-corrected chi connectivity index (χ3v) is 3.00. The second-order valence-corrected chi connectivity index (χ2v) is 4.50. The van der Waals surface area contributed by atoms with E-state index in [-0.39, 0.29) is 12.5 Å². The minimum absolute atomic E-state index is 0.185. The first-order valence-electron chi connectivity index (χ1n) is 6.38. The van der Waals surface area contributed by atoms with Crippen molar-refractivity contribution >= 4 is 17.8 Å². The molecular weight excluding hydrogens is 250 g/mol. The lowest BCUT2D eigenvalue weighted by Crippen LogP contribution is -2.50. The predicted octanol–water partition coefficient (Wildman–Crippen LogP) is -0.545. The second-order valence-electron chi connectivity index (χ2n) is 4.50. The quantitative estimate of drug-likeness (QED) is 0.473. The van der Waals surface area contributed by atoms with Crippen LogP contribution in [0.1, 0.15) is 33.6 Å². The number of carbonyl (C=O) groups excluding carboxylic acids is 2. The van der Waals surface area contributed by atoms with Gasteiger partial charge in [-0.2, -0.15) is 0 Å². The maximum absolute atomic E-state index is 11.6. The average Bonchev–Trinajstić information content (AvgIpc) is 2.39. The van der Waals surface area contributed by atoms with Gasteiger partial charge in [0.1, 0.15) is 6.04 Å². The summed E-state index contributed by atoms with van der Waals surface area (Å²) in [6.45, 7) is 5.07. The van der Waals surface area contributed by atoms with Gasteiger partial charge in [0, 0.05) is 0 Å². The normalized spacial score (nSPS) is 15.2. The van der Waals surface area contributed by atoms with Crippen LogP contribution in [-0.4, -0.2) is 41.5 Å². The highest BCUT2D eigenvalue weighted by Crippen LogP contribution is 2.07. The maximum Gasteiger partial charge on any atom is 0.326 e. The van der Waals surface area contributed by atoms with Gasteiger partial charge >= 0.3 is 5.97 Å². The number of carboxylic acids is 1. The van der Waals surface area contributed by atoms with Crippen molar-refractivity contribution in [3.05, 3.63) is 0 Å². The van der Waals surface area contributed by atoms with Gasteiger partial charge in [0.15, 0.2) is 0 Å². The van der Waals surface area contributed by atoms with Gasteiger partial charge in [-0.05, 0) is 12.3 Å². The number of nitrogens with one attached hydrogen (secondary N) is 2. The first kappa shape index (κ1) is 17.4. The minimum Gasteiger partial charge on any atom is -0.480 e. The molecule has 0 aliphatic rings. The first-order chi connectivity index (χ1) is 8.83. The zero-order valence-electron chi connectivity index (χ0n) is 11.6. The Morgan fingerprint density at radius 1 is 1.21 bits per heavy atom. The van der Waals surface area contributed by atoms with Crippen LogP contribution in [0.25, 0.3) is 0 Å². The highest BCUT2D eigenvalue weighted by molar-refractivity contribution is 5.89. The fourth-order valence-electron chi connectivity index (χ4n) is 1.39. The van der Waals surface area contributed by atoms with Gasteiger partial charge in [-0.25, -0.2) is 4.79 Å². The van der Waals surface area contributed by atoms with Crippen LogP contribution in [0, 0.1) is 5.92 Å². The summed E-state index contributed by atoms with van der Waals surface area (Å²) in [6.07, 6.45) is 1.10. The molecule has 3 unspecified atom stereocenters. The molecule has 3 atom stereocenters. The molecule has 7 nitrogen and oxygen atoms in total. The Kier molecular flexibility index (Phi) is 7.74. The summed E-state index contributed by atoms with van der Waals surface area (Å²) in [7, 11) is 0. The Labute approximate surface area is 112 Å². The maximum atomic E-state index is 11.6. The van der Waals surface area contributed by atoms with Crippen LogP contribution in [0.15, 0.2) is 0 Å². The number of aliphatic carboxylic acids is 1. The van der Waals surface area contributed by atoms with Crippen LogP contribution < -0.4 is 16.4 Å². The summed E-state index contributed by atoms with van der Waals surface area (Å²) in [6, 6.07) is -1.60. The summed E-state index contributed by atoms with van der Waals surface area (Å²) in [5, 5.41) is 13.8. The Morgan fingerprint density at radius 3 is 2.21 bits per heavy atom. The molecule has 19 heavy (non-hydrogen) atoms. The Bertz CT molecular complexity index is 333. The van der Waals surface area contributed by atoms with E-state index in [2.05, 4.69) is 10.6 Å². The van der Waals surface area contributed by atoms with Crippen LogP contribution in [0.2, 0.25) is 0 Å². The predicted molar refractivity (Wildman–Crippen MR) is 70.3 cm³/mol. The van der Waals surface area contributed by atoms with Crippen LogP contribution in [0.4, 0.5) is 0 Å². The number of hydrogen-bond donors (Lipinski definition) is 4. The molecule has 0 aromatic carbocycles. The summed E-state index contributed by atoms with van der Waals surface area (Å²) in [4.78, 5) is 33.9. The lowest BCUT2D eigenvalue weighted by atomic mass is 9.99. The van der Waals surface area contributed by atoms with E-state index in [0.717, 1.165) is 0 Å². The molecule has 0 aromatic heterocycles. The Balaban J connectivity index is 4.28. The van der Waals surface area contributed by atoms with E-state index < -0.39 is 29.9 Å². The summed E-state index contributed by atoms with van der Waals surface area (Å²) < 4.78 is 0. The van der Waals surface area contributed by atoms with E-state index in [1.807, 2.05) is 6.92 Å².